The first kappa shape index (κ1) is 60.2. The monoisotopic (exact) mass is 895 g/mol. The summed E-state index contributed by atoms with van der Waals surface area (Å²) in [6.07, 6.45) is 57.5. The first-order valence-electron chi connectivity index (χ1n) is 24.9. The Morgan fingerprint density at radius 1 is 0.484 bits per heavy atom. The molecule has 1 N–H and O–H groups in total. The number of esters is 2. The summed E-state index contributed by atoms with van der Waals surface area (Å²) >= 11 is 0. The Morgan fingerprint density at radius 3 is 1.36 bits per heavy atom. The Labute approximate surface area is 391 Å². The summed E-state index contributed by atoms with van der Waals surface area (Å²) in [5.41, 5.74) is 0. The zero-order chi connectivity index (χ0) is 47.0. The average Bonchev–Trinajstić information content (AvgIpc) is 3.26. The summed E-state index contributed by atoms with van der Waals surface area (Å²) in [5.74, 6) is -2.09. The van der Waals surface area contributed by atoms with Gasteiger partial charge in [0, 0.05) is 12.8 Å². The van der Waals surface area contributed by atoms with Crippen molar-refractivity contribution in [1.82, 2.24) is 0 Å². The Hall–Kier alpha value is -3.79. The van der Waals surface area contributed by atoms with Gasteiger partial charge in [0.2, 0.25) is 0 Å². The van der Waals surface area contributed by atoms with E-state index < -0.39 is 24.3 Å². The van der Waals surface area contributed by atoms with Crippen molar-refractivity contribution in [3.8, 4) is 0 Å². The molecule has 0 amide bonds. The van der Waals surface area contributed by atoms with Crippen molar-refractivity contribution in [2.45, 2.75) is 187 Å². The number of carbonyl (C=O) groups excluding carboxylic acids is 2. The summed E-state index contributed by atoms with van der Waals surface area (Å²) in [6, 6.07) is 0. The van der Waals surface area contributed by atoms with Gasteiger partial charge < -0.3 is 28.5 Å². The average molecular weight is 895 g/mol. The lowest BCUT2D eigenvalue weighted by molar-refractivity contribution is -0.870. The maximum Gasteiger partial charge on any atom is 0.361 e. The molecule has 2 unspecified atom stereocenters. The number of hydrogen-bond acceptors (Lipinski definition) is 7. The van der Waals surface area contributed by atoms with Crippen LogP contribution in [0.2, 0.25) is 0 Å². The molecule has 2 atom stereocenters. The van der Waals surface area contributed by atoms with E-state index in [4.69, 9.17) is 18.9 Å². The van der Waals surface area contributed by atoms with Gasteiger partial charge in [-0.25, -0.2) is 4.79 Å². The van der Waals surface area contributed by atoms with Gasteiger partial charge >= 0.3 is 17.9 Å². The first-order valence-corrected chi connectivity index (χ1v) is 24.9. The van der Waals surface area contributed by atoms with Crippen molar-refractivity contribution >= 4 is 17.9 Å². The lowest BCUT2D eigenvalue weighted by atomic mass is 10.1. The minimum atomic E-state index is -1.53. The van der Waals surface area contributed by atoms with Crippen LogP contribution in [0.15, 0.2) is 97.2 Å². The molecule has 0 aliphatic carbocycles. The van der Waals surface area contributed by atoms with Crippen molar-refractivity contribution in [1.29, 1.82) is 0 Å². The van der Waals surface area contributed by atoms with Crippen molar-refractivity contribution < 1.29 is 42.9 Å². The minimum absolute atomic E-state index is 0.172. The van der Waals surface area contributed by atoms with Crippen molar-refractivity contribution in [2.75, 3.05) is 47.5 Å². The van der Waals surface area contributed by atoms with E-state index in [1.807, 2.05) is 21.1 Å². The minimum Gasteiger partial charge on any atom is -0.477 e. The second kappa shape index (κ2) is 45.8. The number of carboxylic acids is 1. The van der Waals surface area contributed by atoms with E-state index in [0.29, 0.717) is 17.4 Å². The molecule has 0 bridgehead atoms. The molecule has 0 aromatic rings. The third kappa shape index (κ3) is 46.2. The zero-order valence-corrected chi connectivity index (χ0v) is 41.2. The molecule has 0 aliphatic rings. The highest BCUT2D eigenvalue weighted by molar-refractivity contribution is 5.71. The first-order chi connectivity index (χ1) is 31.1. The Balaban J connectivity index is 4.50. The number of carbonyl (C=O) groups is 3. The van der Waals surface area contributed by atoms with E-state index >= 15 is 0 Å². The van der Waals surface area contributed by atoms with Crippen LogP contribution in [0.5, 0.6) is 0 Å². The number of carboxylic acid groups (broad SMARTS) is 1. The predicted molar refractivity (Wildman–Crippen MR) is 267 cm³/mol. The van der Waals surface area contributed by atoms with Crippen LogP contribution in [0, 0.1) is 0 Å². The number of hydrogen-bond donors (Lipinski definition) is 1. The maximum absolute atomic E-state index is 12.8. The fourth-order valence-electron chi connectivity index (χ4n) is 6.22. The summed E-state index contributed by atoms with van der Waals surface area (Å²) < 4.78 is 22.7. The van der Waals surface area contributed by atoms with Gasteiger partial charge in [0.05, 0.1) is 34.4 Å². The Bertz CT molecular complexity index is 1370. The van der Waals surface area contributed by atoms with Crippen molar-refractivity contribution in [3.05, 3.63) is 97.2 Å². The third-order valence-corrected chi connectivity index (χ3v) is 10.1. The molecule has 0 aliphatic heterocycles. The van der Waals surface area contributed by atoms with Crippen LogP contribution in [0.3, 0.4) is 0 Å². The number of allylic oxidation sites excluding steroid dienone is 16. The number of unbranched alkanes of at least 4 members (excludes halogenated alkanes) is 13. The summed E-state index contributed by atoms with van der Waals surface area (Å²) in [7, 11) is 5.93. The molecule has 0 saturated carbocycles. The molecule has 0 spiro atoms. The van der Waals surface area contributed by atoms with Crippen molar-refractivity contribution in [2.24, 2.45) is 0 Å². The predicted octanol–water partition coefficient (Wildman–Crippen LogP) is 13.8. The van der Waals surface area contributed by atoms with E-state index in [9.17, 15) is 19.5 Å². The summed E-state index contributed by atoms with van der Waals surface area (Å²) in [4.78, 5) is 37.2. The van der Waals surface area contributed by atoms with Crippen LogP contribution < -0.4 is 0 Å². The fraction of sp³-hybridized carbons (Fsp3) is 0.655. The Morgan fingerprint density at radius 2 is 0.891 bits per heavy atom. The molecule has 0 aromatic heterocycles. The van der Waals surface area contributed by atoms with E-state index in [1.165, 1.54) is 51.4 Å². The second-order valence-electron chi connectivity index (χ2n) is 17.4. The third-order valence-electron chi connectivity index (χ3n) is 10.1. The lowest BCUT2D eigenvalue weighted by Crippen LogP contribution is -2.40. The van der Waals surface area contributed by atoms with Crippen LogP contribution in [0.1, 0.15) is 174 Å². The van der Waals surface area contributed by atoms with E-state index in [-0.39, 0.29) is 38.6 Å². The molecule has 64 heavy (non-hydrogen) atoms. The molecule has 0 rings (SSSR count). The molecule has 0 saturated heterocycles. The number of rotatable bonds is 44. The van der Waals surface area contributed by atoms with Crippen LogP contribution in [-0.4, -0.2) is 87.4 Å². The molecule has 9 nitrogen and oxygen atoms in total. The SMILES string of the molecule is CC/C=C\C/C=C\C/C=C\C/C=C\C/C=C\C/C=C\CCCCC(=O)OC(COC(=O)CCCCCCCCC/C=C\C/C=C\CCCCCC)COC(OCC[N+](C)(C)C)C(=O)O. The molecular formula is C55H92NO8+. The highest BCUT2D eigenvalue weighted by Crippen LogP contribution is 2.12. The smallest absolute Gasteiger partial charge is 0.361 e. The largest absolute Gasteiger partial charge is 0.477 e. The standard InChI is InChI=1S/C55H91NO8/c1-6-8-10-12-14-16-18-20-22-24-26-27-28-30-32-34-36-38-40-42-44-46-53(58)64-51(50-63-55(54(59)60)61-48-47-56(3,4)5)49-62-52(57)45-43-41-39-37-35-33-31-29-25-23-21-19-17-15-13-11-9-7-2/h8,10,14,16-17,19-20,22-23,25-27,30,32,36,38,51,55H,6-7,9,11-13,15,18,21,24,28-29,31,33-35,37,39-50H2,1-5H3/p+1/b10-8-,16-14-,19-17-,22-20-,25-23-,27-26-,32-30-,38-36-. The van der Waals surface area contributed by atoms with E-state index in [2.05, 4.69) is 111 Å². The van der Waals surface area contributed by atoms with Gasteiger partial charge in [-0.05, 0) is 96.3 Å². The highest BCUT2D eigenvalue weighted by Gasteiger charge is 2.25. The van der Waals surface area contributed by atoms with E-state index in [1.54, 1.807) is 0 Å². The molecule has 0 aromatic carbocycles. The quantitative estimate of drug-likeness (QED) is 0.0212. The van der Waals surface area contributed by atoms with Gasteiger partial charge in [0.15, 0.2) is 6.10 Å². The molecule has 0 fully saturated rings. The number of ether oxygens (including phenoxy) is 4. The highest BCUT2D eigenvalue weighted by atomic mass is 16.7. The van der Waals surface area contributed by atoms with Gasteiger partial charge in [-0.15, -0.1) is 0 Å². The van der Waals surface area contributed by atoms with Crippen LogP contribution in [-0.2, 0) is 33.3 Å². The van der Waals surface area contributed by atoms with Crippen LogP contribution in [0.25, 0.3) is 0 Å². The molecule has 0 radical (unpaired) electrons. The molecular weight excluding hydrogens is 803 g/mol. The Kier molecular flexibility index (Phi) is 43.1. The second-order valence-corrected chi connectivity index (χ2v) is 17.4. The molecule has 0 heterocycles. The van der Waals surface area contributed by atoms with Gasteiger partial charge in [-0.3, -0.25) is 9.59 Å². The molecule has 9 heteroatoms. The van der Waals surface area contributed by atoms with Crippen LogP contribution in [0.4, 0.5) is 0 Å². The number of aliphatic carboxylic acids is 1. The van der Waals surface area contributed by atoms with E-state index in [0.717, 1.165) is 89.9 Å². The zero-order valence-electron chi connectivity index (χ0n) is 41.2. The maximum atomic E-state index is 12.8. The topological polar surface area (TPSA) is 108 Å². The normalized spacial score (nSPS) is 13.7. The number of nitrogens with zero attached hydrogens (tertiary/aromatic N) is 1. The number of likely N-dealkylation sites (N-methyl/N-ethyl adjacent to an activating group) is 1. The lowest BCUT2D eigenvalue weighted by Gasteiger charge is -2.25. The van der Waals surface area contributed by atoms with Crippen molar-refractivity contribution in [3.63, 3.8) is 0 Å². The summed E-state index contributed by atoms with van der Waals surface area (Å²) in [6.45, 7) is 4.66. The van der Waals surface area contributed by atoms with Gasteiger partial charge in [-0.1, -0.05) is 162 Å². The fourth-order valence-corrected chi connectivity index (χ4v) is 6.22. The molecule has 364 valence electrons. The van der Waals surface area contributed by atoms with Gasteiger partial charge in [0.25, 0.3) is 6.29 Å². The summed E-state index contributed by atoms with van der Waals surface area (Å²) in [5, 5.41) is 9.66. The van der Waals surface area contributed by atoms with Crippen LogP contribution >= 0.6 is 0 Å². The van der Waals surface area contributed by atoms with Gasteiger partial charge in [0.1, 0.15) is 13.2 Å². The number of quaternary nitrogens is 1. The van der Waals surface area contributed by atoms with Gasteiger partial charge in [-0.2, -0.15) is 0 Å².